The van der Waals surface area contributed by atoms with Crippen LogP contribution in [-0.2, 0) is 15.9 Å². The van der Waals surface area contributed by atoms with Crippen LogP contribution in [0.2, 0.25) is 0 Å². The number of aryl methyl sites for hydroxylation is 1. The summed E-state index contributed by atoms with van der Waals surface area (Å²) in [6, 6.07) is 3.44. The third-order valence-corrected chi connectivity index (χ3v) is 5.01. The highest BCUT2D eigenvalue weighted by Gasteiger charge is 2.51. The van der Waals surface area contributed by atoms with Crippen molar-refractivity contribution < 1.29 is 9.31 Å². The van der Waals surface area contributed by atoms with Gasteiger partial charge in [0.15, 0.2) is 0 Å². The van der Waals surface area contributed by atoms with Gasteiger partial charge in [-0.1, -0.05) is 18.9 Å². The van der Waals surface area contributed by atoms with Gasteiger partial charge in [0.1, 0.15) is 0 Å². The lowest BCUT2D eigenvalue weighted by Crippen LogP contribution is -2.41. The number of hydrogen-bond acceptors (Lipinski definition) is 3. The number of rotatable bonds is 4. The van der Waals surface area contributed by atoms with Gasteiger partial charge >= 0.3 is 7.12 Å². The zero-order valence-corrected chi connectivity index (χ0v) is 13.4. The molecule has 5 heteroatoms. The van der Waals surface area contributed by atoms with Crippen molar-refractivity contribution in [1.29, 1.82) is 0 Å². The summed E-state index contributed by atoms with van der Waals surface area (Å²) in [6.07, 6.45) is 5.61. The Bertz CT molecular complexity index is 573. The van der Waals surface area contributed by atoms with Crippen molar-refractivity contribution in [2.24, 2.45) is 5.92 Å². The molecule has 1 saturated heterocycles. The fraction of sp³-hybridized carbons (Fsp3) is 0.688. The Kier molecular flexibility index (Phi) is 3.53. The van der Waals surface area contributed by atoms with Gasteiger partial charge in [0.25, 0.3) is 0 Å². The van der Waals surface area contributed by atoms with Crippen LogP contribution in [0.3, 0.4) is 0 Å². The zero-order valence-electron chi connectivity index (χ0n) is 13.4. The molecule has 0 atom stereocenters. The first kappa shape index (κ1) is 14.9. The highest BCUT2D eigenvalue weighted by Crippen LogP contribution is 2.36. The van der Waals surface area contributed by atoms with Crippen LogP contribution < -0.4 is 11.0 Å². The normalized spacial score (nSPS) is 23.5. The Morgan fingerprint density at radius 1 is 1.19 bits per heavy atom. The van der Waals surface area contributed by atoms with Gasteiger partial charge in [-0.2, -0.15) is 0 Å². The van der Waals surface area contributed by atoms with Crippen molar-refractivity contribution in [3.8, 4) is 0 Å². The van der Waals surface area contributed by atoms with Crippen LogP contribution in [0.15, 0.2) is 23.1 Å². The second-order valence-electron chi connectivity index (χ2n) is 7.31. The summed E-state index contributed by atoms with van der Waals surface area (Å²) in [5.41, 5.74) is 0.263. The predicted molar refractivity (Wildman–Crippen MR) is 83.8 cm³/mol. The van der Waals surface area contributed by atoms with E-state index in [9.17, 15) is 4.79 Å². The Labute approximate surface area is 126 Å². The molecule has 0 amide bonds. The first-order valence-corrected chi connectivity index (χ1v) is 7.84. The van der Waals surface area contributed by atoms with Crippen LogP contribution in [-0.4, -0.2) is 22.9 Å². The summed E-state index contributed by atoms with van der Waals surface area (Å²) < 4.78 is 13.9. The molecule has 4 nitrogen and oxygen atoms in total. The maximum Gasteiger partial charge on any atom is 0.496 e. The monoisotopic (exact) mass is 289 g/mol. The summed E-state index contributed by atoms with van der Waals surface area (Å²) in [4.78, 5) is 12.0. The minimum absolute atomic E-state index is 0.0518. The molecule has 1 saturated carbocycles. The largest absolute Gasteiger partial charge is 0.496 e. The molecule has 2 fully saturated rings. The smallest absolute Gasteiger partial charge is 0.399 e. The van der Waals surface area contributed by atoms with E-state index in [1.807, 2.05) is 40.0 Å². The molecular formula is C16H24BNO3. The van der Waals surface area contributed by atoms with Gasteiger partial charge in [-0.05, 0) is 45.5 Å². The number of nitrogens with zero attached hydrogens (tertiary/aromatic N) is 1. The fourth-order valence-corrected chi connectivity index (χ4v) is 2.57. The van der Waals surface area contributed by atoms with Crippen molar-refractivity contribution in [1.82, 2.24) is 4.57 Å². The molecule has 1 aliphatic heterocycles. The van der Waals surface area contributed by atoms with E-state index in [1.54, 1.807) is 10.6 Å². The molecule has 2 heterocycles. The third-order valence-electron chi connectivity index (χ3n) is 5.01. The lowest BCUT2D eigenvalue weighted by molar-refractivity contribution is 0.00578. The SMILES string of the molecule is CC1(C)OB(c2ccc(=O)n(CCC3CC3)c2)OC1(C)C. The maximum absolute atomic E-state index is 12.0. The Morgan fingerprint density at radius 3 is 2.38 bits per heavy atom. The lowest BCUT2D eigenvalue weighted by Gasteiger charge is -2.32. The van der Waals surface area contributed by atoms with Gasteiger partial charge < -0.3 is 13.9 Å². The van der Waals surface area contributed by atoms with E-state index >= 15 is 0 Å². The minimum atomic E-state index is -0.400. The Morgan fingerprint density at radius 2 is 1.81 bits per heavy atom. The summed E-state index contributed by atoms with van der Waals surface area (Å²) in [5, 5.41) is 0. The molecule has 3 rings (SSSR count). The van der Waals surface area contributed by atoms with Crippen LogP contribution in [0.25, 0.3) is 0 Å². The highest BCUT2D eigenvalue weighted by molar-refractivity contribution is 6.62. The number of aromatic nitrogens is 1. The molecule has 1 aliphatic carbocycles. The molecule has 2 aliphatic rings. The first-order chi connectivity index (χ1) is 9.78. The summed E-state index contributed by atoms with van der Waals surface area (Å²) in [6.45, 7) is 8.94. The predicted octanol–water partition coefficient (Wildman–Crippen LogP) is 1.95. The zero-order chi connectivity index (χ0) is 15.3. The van der Waals surface area contributed by atoms with E-state index in [4.69, 9.17) is 9.31 Å². The van der Waals surface area contributed by atoms with Gasteiger partial charge in [0.05, 0.1) is 11.2 Å². The molecule has 114 valence electrons. The third kappa shape index (κ3) is 2.95. The maximum atomic E-state index is 12.0. The van der Waals surface area contributed by atoms with Gasteiger partial charge in [-0.15, -0.1) is 0 Å². The average molecular weight is 289 g/mol. The quantitative estimate of drug-likeness (QED) is 0.795. The van der Waals surface area contributed by atoms with E-state index in [2.05, 4.69) is 0 Å². The highest BCUT2D eigenvalue weighted by atomic mass is 16.7. The van der Waals surface area contributed by atoms with E-state index in [0.29, 0.717) is 0 Å². The first-order valence-electron chi connectivity index (χ1n) is 7.84. The molecule has 0 bridgehead atoms. The molecule has 0 unspecified atom stereocenters. The topological polar surface area (TPSA) is 40.5 Å². The van der Waals surface area contributed by atoms with Gasteiger partial charge in [0.2, 0.25) is 5.56 Å². The van der Waals surface area contributed by atoms with Gasteiger partial charge in [-0.25, -0.2) is 0 Å². The summed E-state index contributed by atoms with van der Waals surface area (Å²) in [5.74, 6) is 0.817. The second kappa shape index (κ2) is 4.99. The van der Waals surface area contributed by atoms with Crippen LogP contribution in [0.5, 0.6) is 0 Å². The van der Waals surface area contributed by atoms with E-state index < -0.39 is 7.12 Å². The molecule has 1 aromatic heterocycles. The summed E-state index contributed by atoms with van der Waals surface area (Å²) in [7, 11) is -0.400. The van der Waals surface area contributed by atoms with Crippen LogP contribution in [0.4, 0.5) is 0 Å². The van der Waals surface area contributed by atoms with E-state index in [0.717, 1.165) is 24.3 Å². The molecular weight excluding hydrogens is 265 g/mol. The number of pyridine rings is 1. The molecule has 21 heavy (non-hydrogen) atoms. The molecule has 1 aromatic rings. The Hall–Kier alpha value is -1.07. The van der Waals surface area contributed by atoms with Gasteiger partial charge in [-0.3, -0.25) is 4.79 Å². The van der Waals surface area contributed by atoms with Crippen molar-refractivity contribution >= 4 is 12.6 Å². The lowest BCUT2D eigenvalue weighted by atomic mass is 9.80. The average Bonchev–Trinajstić information content (AvgIpc) is 3.16. The van der Waals surface area contributed by atoms with Crippen molar-refractivity contribution in [3.05, 3.63) is 28.7 Å². The van der Waals surface area contributed by atoms with Gasteiger partial charge in [0, 0.05) is 18.8 Å². The van der Waals surface area contributed by atoms with E-state index in [1.165, 1.54) is 12.8 Å². The molecule has 0 aromatic carbocycles. The number of hydrogen-bond donors (Lipinski definition) is 0. The summed E-state index contributed by atoms with van der Waals surface area (Å²) >= 11 is 0. The minimum Gasteiger partial charge on any atom is -0.399 e. The van der Waals surface area contributed by atoms with Crippen LogP contribution in [0.1, 0.15) is 47.0 Å². The Balaban J connectivity index is 1.79. The second-order valence-corrected chi connectivity index (χ2v) is 7.31. The molecule has 0 radical (unpaired) electrons. The van der Waals surface area contributed by atoms with Crippen molar-refractivity contribution in [2.75, 3.05) is 0 Å². The standard InChI is InChI=1S/C16H24BNO3/c1-15(2)16(3,4)21-17(20-15)13-7-8-14(19)18(11-13)10-9-12-5-6-12/h7-8,11-12H,5-6,9-10H2,1-4H3. The van der Waals surface area contributed by atoms with Crippen molar-refractivity contribution in [2.45, 2.75) is 64.7 Å². The molecule has 0 spiro atoms. The fourth-order valence-electron chi connectivity index (χ4n) is 2.57. The van der Waals surface area contributed by atoms with E-state index in [-0.39, 0.29) is 16.8 Å². The van der Waals surface area contributed by atoms with Crippen molar-refractivity contribution in [3.63, 3.8) is 0 Å². The molecule has 0 N–H and O–H groups in total. The van der Waals surface area contributed by atoms with Crippen LogP contribution >= 0.6 is 0 Å². The van der Waals surface area contributed by atoms with Crippen LogP contribution in [0, 0.1) is 5.92 Å².